The van der Waals surface area contributed by atoms with Crippen LogP contribution in [0.1, 0.15) is 10.4 Å². The molecule has 1 aliphatic rings. The second-order valence-corrected chi connectivity index (χ2v) is 5.36. The summed E-state index contributed by atoms with van der Waals surface area (Å²) in [5.74, 6) is 0. The summed E-state index contributed by atoms with van der Waals surface area (Å²) in [4.78, 5) is 14.6. The van der Waals surface area contributed by atoms with Crippen LogP contribution in [0.2, 0.25) is 0 Å². The van der Waals surface area contributed by atoms with E-state index in [1.807, 2.05) is 6.07 Å². The third kappa shape index (κ3) is 1.30. The molecule has 1 aromatic carbocycles. The van der Waals surface area contributed by atoms with Gasteiger partial charge in [-0.15, -0.1) is 11.3 Å². The molecule has 1 aliphatic carbocycles. The van der Waals surface area contributed by atoms with Crippen molar-refractivity contribution < 1.29 is 4.92 Å². The predicted octanol–water partition coefficient (Wildman–Crippen LogP) is 3.29. The number of aromatic nitrogens is 1. The zero-order valence-corrected chi connectivity index (χ0v) is 9.65. The molecule has 0 radical (unpaired) electrons. The van der Waals surface area contributed by atoms with Crippen LogP contribution in [0.5, 0.6) is 0 Å². The lowest BCUT2D eigenvalue weighted by Gasteiger charge is -1.98. The SMILES string of the molecule is O=[N+]([O-])c1ccc2c(c1)-c1[nH]c(=S)sc1C2. The van der Waals surface area contributed by atoms with Gasteiger partial charge in [0.1, 0.15) is 0 Å². The number of nitro benzene ring substituents is 1. The minimum Gasteiger partial charge on any atom is -0.337 e. The summed E-state index contributed by atoms with van der Waals surface area (Å²) >= 11 is 6.60. The minimum atomic E-state index is -0.376. The molecule has 2 aromatic rings. The van der Waals surface area contributed by atoms with Crippen molar-refractivity contribution >= 4 is 29.2 Å². The molecule has 0 amide bonds. The Morgan fingerprint density at radius 2 is 2.31 bits per heavy atom. The second-order valence-electron chi connectivity index (χ2n) is 3.59. The third-order valence-electron chi connectivity index (χ3n) is 2.65. The van der Waals surface area contributed by atoms with Crippen LogP contribution in [0.4, 0.5) is 5.69 Å². The standard InChI is InChI=1S/C10H6N2O2S2/c13-12(14)6-2-1-5-3-8-9(7(5)4-6)11-10(15)16-8/h1-2,4H,3H2,(H,11,15). The van der Waals surface area contributed by atoms with Gasteiger partial charge in [0.05, 0.1) is 10.6 Å². The van der Waals surface area contributed by atoms with Gasteiger partial charge in [-0.05, 0) is 17.8 Å². The van der Waals surface area contributed by atoms with Gasteiger partial charge in [0.15, 0.2) is 3.95 Å². The Morgan fingerprint density at radius 3 is 3.06 bits per heavy atom. The average Bonchev–Trinajstić information content (AvgIpc) is 2.72. The number of rotatable bonds is 1. The van der Waals surface area contributed by atoms with Crippen LogP contribution in [0.15, 0.2) is 18.2 Å². The molecular weight excluding hydrogens is 244 g/mol. The van der Waals surface area contributed by atoms with Gasteiger partial charge in [-0.3, -0.25) is 10.1 Å². The molecule has 6 heteroatoms. The van der Waals surface area contributed by atoms with Gasteiger partial charge in [0.2, 0.25) is 0 Å². The molecule has 16 heavy (non-hydrogen) atoms. The number of hydrogen-bond donors (Lipinski definition) is 1. The zero-order valence-electron chi connectivity index (χ0n) is 8.02. The van der Waals surface area contributed by atoms with Gasteiger partial charge in [-0.25, -0.2) is 0 Å². The van der Waals surface area contributed by atoms with Crippen LogP contribution >= 0.6 is 23.6 Å². The fourth-order valence-corrected chi connectivity index (χ4v) is 3.21. The number of nitrogens with one attached hydrogen (secondary N) is 1. The average molecular weight is 250 g/mol. The van der Waals surface area contributed by atoms with Gasteiger partial charge < -0.3 is 4.98 Å². The fraction of sp³-hybridized carbons (Fsp3) is 0.100. The van der Waals surface area contributed by atoms with E-state index in [1.54, 1.807) is 12.1 Å². The molecule has 1 heterocycles. The minimum absolute atomic E-state index is 0.122. The first-order valence-electron chi connectivity index (χ1n) is 4.65. The Balaban J connectivity index is 2.24. The largest absolute Gasteiger partial charge is 0.337 e. The number of fused-ring (bicyclic) bond motifs is 3. The molecule has 0 spiro atoms. The third-order valence-corrected chi connectivity index (χ3v) is 3.88. The van der Waals surface area contributed by atoms with Gasteiger partial charge in [0, 0.05) is 29.0 Å². The fourth-order valence-electron chi connectivity index (χ4n) is 1.94. The van der Waals surface area contributed by atoms with Crippen LogP contribution in [-0.2, 0) is 6.42 Å². The Bertz CT molecular complexity index is 657. The van der Waals surface area contributed by atoms with E-state index in [1.165, 1.54) is 16.2 Å². The molecule has 0 unspecified atom stereocenters. The van der Waals surface area contributed by atoms with Crippen LogP contribution in [0.3, 0.4) is 0 Å². The molecule has 80 valence electrons. The molecule has 0 aliphatic heterocycles. The van der Waals surface area contributed by atoms with Crippen molar-refractivity contribution in [2.45, 2.75) is 6.42 Å². The molecule has 1 aromatic heterocycles. The summed E-state index contributed by atoms with van der Waals surface area (Å²) < 4.78 is 0.724. The Hall–Kier alpha value is -1.53. The van der Waals surface area contributed by atoms with Gasteiger partial charge in [-0.2, -0.15) is 0 Å². The van der Waals surface area contributed by atoms with Crippen molar-refractivity contribution in [3.05, 3.63) is 42.7 Å². The highest BCUT2D eigenvalue weighted by molar-refractivity contribution is 7.73. The molecular formula is C10H6N2O2S2. The summed E-state index contributed by atoms with van der Waals surface area (Å²) in [6.45, 7) is 0. The number of non-ortho nitro benzene ring substituents is 1. The van der Waals surface area contributed by atoms with Crippen molar-refractivity contribution in [1.29, 1.82) is 0 Å². The van der Waals surface area contributed by atoms with Gasteiger partial charge in [-0.1, -0.05) is 6.07 Å². The maximum absolute atomic E-state index is 10.7. The molecule has 3 rings (SSSR count). The normalized spacial score (nSPS) is 12.2. The van der Waals surface area contributed by atoms with Gasteiger partial charge >= 0.3 is 0 Å². The highest BCUT2D eigenvalue weighted by Crippen LogP contribution is 2.39. The van der Waals surface area contributed by atoms with E-state index in [-0.39, 0.29) is 10.6 Å². The van der Waals surface area contributed by atoms with E-state index in [4.69, 9.17) is 12.2 Å². The Kier molecular flexibility index (Phi) is 1.95. The maximum atomic E-state index is 10.7. The molecule has 0 saturated heterocycles. The summed E-state index contributed by atoms with van der Waals surface area (Å²) in [6.07, 6.45) is 0.820. The summed E-state index contributed by atoms with van der Waals surface area (Å²) in [6, 6.07) is 4.97. The van der Waals surface area contributed by atoms with Crippen LogP contribution in [0.25, 0.3) is 11.3 Å². The van der Waals surface area contributed by atoms with E-state index in [2.05, 4.69) is 4.98 Å². The lowest BCUT2D eigenvalue weighted by molar-refractivity contribution is -0.384. The quantitative estimate of drug-likeness (QED) is 0.409. The first-order chi connectivity index (χ1) is 7.65. The molecule has 4 nitrogen and oxygen atoms in total. The van der Waals surface area contributed by atoms with Crippen molar-refractivity contribution in [2.24, 2.45) is 0 Å². The number of thiazole rings is 1. The number of nitro groups is 1. The Labute approximate surface area is 99.7 Å². The summed E-state index contributed by atoms with van der Waals surface area (Å²) in [7, 11) is 0. The van der Waals surface area contributed by atoms with E-state index >= 15 is 0 Å². The molecule has 0 bridgehead atoms. The predicted molar refractivity (Wildman–Crippen MR) is 64.4 cm³/mol. The first kappa shape index (κ1) is 9.68. The monoisotopic (exact) mass is 250 g/mol. The highest BCUT2D eigenvalue weighted by Gasteiger charge is 2.23. The zero-order chi connectivity index (χ0) is 11.3. The smallest absolute Gasteiger partial charge is 0.270 e. The van der Waals surface area contributed by atoms with E-state index in [9.17, 15) is 10.1 Å². The second kappa shape index (κ2) is 3.23. The topological polar surface area (TPSA) is 58.9 Å². The van der Waals surface area contributed by atoms with Crippen molar-refractivity contribution in [3.8, 4) is 11.3 Å². The molecule has 1 N–H and O–H groups in total. The van der Waals surface area contributed by atoms with E-state index < -0.39 is 0 Å². The van der Waals surface area contributed by atoms with Crippen LogP contribution in [-0.4, -0.2) is 9.91 Å². The summed E-state index contributed by atoms with van der Waals surface area (Å²) in [5, 5.41) is 10.7. The number of nitrogens with zero attached hydrogens (tertiary/aromatic N) is 1. The van der Waals surface area contributed by atoms with Crippen LogP contribution < -0.4 is 0 Å². The summed E-state index contributed by atoms with van der Waals surface area (Å²) in [5.41, 5.74) is 3.11. The Morgan fingerprint density at radius 1 is 1.50 bits per heavy atom. The molecule has 0 saturated carbocycles. The lowest BCUT2D eigenvalue weighted by Crippen LogP contribution is -1.89. The van der Waals surface area contributed by atoms with Crippen molar-refractivity contribution in [2.75, 3.05) is 0 Å². The van der Waals surface area contributed by atoms with E-state index in [0.717, 1.165) is 27.2 Å². The molecule has 0 fully saturated rings. The number of aromatic amines is 1. The van der Waals surface area contributed by atoms with Gasteiger partial charge in [0.25, 0.3) is 5.69 Å². The first-order valence-corrected chi connectivity index (χ1v) is 5.87. The number of benzene rings is 1. The number of H-pyrrole nitrogens is 1. The van der Waals surface area contributed by atoms with Crippen molar-refractivity contribution in [3.63, 3.8) is 0 Å². The lowest BCUT2D eigenvalue weighted by atomic mass is 10.1. The number of hydrogen-bond acceptors (Lipinski definition) is 4. The van der Waals surface area contributed by atoms with E-state index in [0.29, 0.717) is 0 Å². The molecule has 0 atom stereocenters. The van der Waals surface area contributed by atoms with Crippen molar-refractivity contribution in [1.82, 2.24) is 4.98 Å². The maximum Gasteiger partial charge on any atom is 0.270 e. The van der Waals surface area contributed by atoms with Crippen LogP contribution in [0, 0.1) is 14.1 Å². The highest BCUT2D eigenvalue weighted by atomic mass is 32.1.